The van der Waals surface area contributed by atoms with Crippen LogP contribution in [0.1, 0.15) is 19.3 Å². The molecule has 0 saturated carbocycles. The van der Waals surface area contributed by atoms with Crippen molar-refractivity contribution in [2.45, 2.75) is 25.3 Å². The van der Waals surface area contributed by atoms with Gasteiger partial charge in [0.25, 0.3) is 0 Å². The van der Waals surface area contributed by atoms with Gasteiger partial charge in [0.15, 0.2) is 0 Å². The molecule has 1 fully saturated rings. The van der Waals surface area contributed by atoms with Crippen LogP contribution in [0.5, 0.6) is 0 Å². The van der Waals surface area contributed by atoms with Crippen LogP contribution >= 0.6 is 0 Å². The summed E-state index contributed by atoms with van der Waals surface area (Å²) in [7, 11) is 0. The summed E-state index contributed by atoms with van der Waals surface area (Å²) >= 11 is 0. The van der Waals surface area contributed by atoms with E-state index in [1.165, 1.54) is 0 Å². The molecular weight excluding hydrogens is 200 g/mol. The van der Waals surface area contributed by atoms with Gasteiger partial charge in [0, 0.05) is 26.1 Å². The minimum atomic E-state index is -1.11. The van der Waals surface area contributed by atoms with Gasteiger partial charge in [0.1, 0.15) is 6.04 Å². The maximum atomic E-state index is 11.5. The number of carbonyl (C=O) groups excluding carboxylic acids is 1. The number of aliphatic hydroxyl groups excluding tert-OH is 1. The number of aliphatic carboxylic acids is 1. The molecule has 2 amide bonds. The van der Waals surface area contributed by atoms with E-state index in [4.69, 9.17) is 10.2 Å². The van der Waals surface area contributed by atoms with Crippen molar-refractivity contribution < 1.29 is 19.8 Å². The molecule has 1 saturated heterocycles. The number of carboxylic acid groups (broad SMARTS) is 1. The molecule has 3 N–H and O–H groups in total. The first-order valence-corrected chi connectivity index (χ1v) is 5.04. The van der Waals surface area contributed by atoms with Crippen LogP contribution in [0.15, 0.2) is 0 Å². The molecule has 0 aromatic rings. The highest BCUT2D eigenvalue weighted by molar-refractivity contribution is 5.82. The van der Waals surface area contributed by atoms with Gasteiger partial charge in [-0.05, 0) is 12.8 Å². The molecule has 1 heterocycles. The summed E-state index contributed by atoms with van der Waals surface area (Å²) in [5.74, 6) is -1.11. The number of carboxylic acids is 1. The van der Waals surface area contributed by atoms with E-state index < -0.39 is 12.0 Å². The van der Waals surface area contributed by atoms with E-state index in [0.29, 0.717) is 13.1 Å². The Balaban J connectivity index is 2.42. The number of nitrogens with zero attached hydrogens (tertiary/aromatic N) is 1. The average Bonchev–Trinajstić information content (AvgIpc) is 2.69. The Bertz CT molecular complexity index is 238. The molecule has 0 unspecified atom stereocenters. The largest absolute Gasteiger partial charge is 0.480 e. The van der Waals surface area contributed by atoms with Gasteiger partial charge in [-0.2, -0.15) is 0 Å². The second kappa shape index (κ2) is 5.55. The molecule has 6 nitrogen and oxygen atoms in total. The zero-order valence-electron chi connectivity index (χ0n) is 8.48. The minimum Gasteiger partial charge on any atom is -0.480 e. The van der Waals surface area contributed by atoms with E-state index in [1.54, 1.807) is 4.90 Å². The summed E-state index contributed by atoms with van der Waals surface area (Å²) < 4.78 is 0. The van der Waals surface area contributed by atoms with Gasteiger partial charge in [-0.25, -0.2) is 9.59 Å². The number of carbonyl (C=O) groups is 2. The summed E-state index contributed by atoms with van der Waals surface area (Å²) in [5, 5.41) is 19.8. The first-order chi connectivity index (χ1) is 7.15. The molecule has 0 aliphatic carbocycles. The van der Waals surface area contributed by atoms with Crippen LogP contribution in [0.3, 0.4) is 0 Å². The fraction of sp³-hybridized carbons (Fsp3) is 0.778. The summed E-state index contributed by atoms with van der Waals surface area (Å²) in [4.78, 5) is 23.8. The quantitative estimate of drug-likeness (QED) is 0.598. The van der Waals surface area contributed by atoms with Crippen molar-refractivity contribution in [2.24, 2.45) is 0 Å². The normalized spacial score (nSPS) is 17.5. The third kappa shape index (κ3) is 3.39. The number of hydrogen-bond acceptors (Lipinski definition) is 3. The molecular formula is C9H16N2O4. The zero-order chi connectivity index (χ0) is 11.3. The Morgan fingerprint density at radius 2 is 1.93 bits per heavy atom. The molecule has 1 aliphatic rings. The Labute approximate surface area is 87.9 Å². The van der Waals surface area contributed by atoms with Crippen LogP contribution in [0.25, 0.3) is 0 Å². The van der Waals surface area contributed by atoms with Crippen LogP contribution in [-0.4, -0.2) is 52.9 Å². The van der Waals surface area contributed by atoms with E-state index in [0.717, 1.165) is 12.8 Å². The highest BCUT2D eigenvalue weighted by atomic mass is 16.4. The van der Waals surface area contributed by atoms with Crippen LogP contribution < -0.4 is 5.32 Å². The summed E-state index contributed by atoms with van der Waals surface area (Å²) in [6, 6.07) is -1.35. The standard InChI is InChI=1S/C9H16N2O4/c12-6-3-7(8(13)14)10-9(15)11-4-1-2-5-11/h7,12H,1-6H2,(H,10,15)(H,13,14)/t7-/m1/s1. The Morgan fingerprint density at radius 3 is 2.40 bits per heavy atom. The summed E-state index contributed by atoms with van der Waals surface area (Å²) in [6.07, 6.45) is 1.96. The molecule has 1 atom stereocenters. The average molecular weight is 216 g/mol. The minimum absolute atomic E-state index is 0.0366. The monoisotopic (exact) mass is 216 g/mol. The van der Waals surface area contributed by atoms with Gasteiger partial charge in [-0.3, -0.25) is 0 Å². The van der Waals surface area contributed by atoms with E-state index in [2.05, 4.69) is 5.32 Å². The number of rotatable bonds is 4. The summed E-state index contributed by atoms with van der Waals surface area (Å²) in [5.41, 5.74) is 0. The fourth-order valence-electron chi connectivity index (χ4n) is 1.55. The lowest BCUT2D eigenvalue weighted by Crippen LogP contribution is -2.47. The molecule has 0 radical (unpaired) electrons. The third-order valence-corrected chi connectivity index (χ3v) is 2.41. The van der Waals surface area contributed by atoms with Crippen molar-refractivity contribution in [3.8, 4) is 0 Å². The third-order valence-electron chi connectivity index (χ3n) is 2.41. The number of urea groups is 1. The predicted molar refractivity (Wildman–Crippen MR) is 52.5 cm³/mol. The van der Waals surface area contributed by atoms with Gasteiger partial charge >= 0.3 is 12.0 Å². The molecule has 6 heteroatoms. The maximum absolute atomic E-state index is 11.5. The number of amides is 2. The lowest BCUT2D eigenvalue weighted by molar-refractivity contribution is -0.139. The van der Waals surface area contributed by atoms with Crippen molar-refractivity contribution in [3.63, 3.8) is 0 Å². The number of nitrogens with one attached hydrogen (secondary N) is 1. The Morgan fingerprint density at radius 1 is 1.33 bits per heavy atom. The molecule has 0 bridgehead atoms. The highest BCUT2D eigenvalue weighted by Crippen LogP contribution is 2.07. The van der Waals surface area contributed by atoms with Gasteiger partial charge in [0.05, 0.1) is 0 Å². The number of likely N-dealkylation sites (tertiary alicyclic amines) is 1. The molecule has 1 aliphatic heterocycles. The van der Waals surface area contributed by atoms with Crippen molar-refractivity contribution in [1.29, 1.82) is 0 Å². The molecule has 86 valence electrons. The predicted octanol–water partition coefficient (Wildman–Crippen LogP) is -0.373. The first kappa shape index (κ1) is 11.8. The number of hydrogen-bond donors (Lipinski definition) is 3. The molecule has 0 aromatic carbocycles. The van der Waals surface area contributed by atoms with Crippen molar-refractivity contribution in [1.82, 2.24) is 10.2 Å². The molecule has 0 spiro atoms. The lowest BCUT2D eigenvalue weighted by atomic mass is 10.2. The van der Waals surface area contributed by atoms with Crippen molar-refractivity contribution in [3.05, 3.63) is 0 Å². The SMILES string of the molecule is O=C(O)[C@@H](CCO)NC(=O)N1CCCC1. The second-order valence-electron chi connectivity index (χ2n) is 3.55. The zero-order valence-corrected chi connectivity index (χ0v) is 8.48. The first-order valence-electron chi connectivity index (χ1n) is 5.04. The van der Waals surface area contributed by atoms with Crippen LogP contribution in [-0.2, 0) is 4.79 Å². The Kier molecular flexibility index (Phi) is 4.36. The van der Waals surface area contributed by atoms with Crippen LogP contribution in [0, 0.1) is 0 Å². The molecule has 1 rings (SSSR count). The van der Waals surface area contributed by atoms with E-state index in [1.807, 2.05) is 0 Å². The van der Waals surface area contributed by atoms with Gasteiger partial charge in [0.2, 0.25) is 0 Å². The molecule has 0 aromatic heterocycles. The van der Waals surface area contributed by atoms with Gasteiger partial charge in [-0.15, -0.1) is 0 Å². The van der Waals surface area contributed by atoms with E-state index >= 15 is 0 Å². The van der Waals surface area contributed by atoms with Gasteiger partial charge in [-0.1, -0.05) is 0 Å². The Hall–Kier alpha value is -1.30. The fourth-order valence-corrected chi connectivity index (χ4v) is 1.55. The number of aliphatic hydroxyl groups is 1. The molecule has 15 heavy (non-hydrogen) atoms. The second-order valence-corrected chi connectivity index (χ2v) is 3.55. The van der Waals surface area contributed by atoms with Crippen molar-refractivity contribution in [2.75, 3.05) is 19.7 Å². The van der Waals surface area contributed by atoms with E-state index in [9.17, 15) is 9.59 Å². The lowest BCUT2D eigenvalue weighted by Gasteiger charge is -2.19. The van der Waals surface area contributed by atoms with Crippen LogP contribution in [0.4, 0.5) is 4.79 Å². The smallest absolute Gasteiger partial charge is 0.326 e. The topological polar surface area (TPSA) is 89.9 Å². The van der Waals surface area contributed by atoms with Crippen LogP contribution in [0.2, 0.25) is 0 Å². The van der Waals surface area contributed by atoms with E-state index in [-0.39, 0.29) is 19.1 Å². The maximum Gasteiger partial charge on any atom is 0.326 e. The highest BCUT2D eigenvalue weighted by Gasteiger charge is 2.24. The summed E-state index contributed by atoms with van der Waals surface area (Å²) in [6.45, 7) is 1.10. The van der Waals surface area contributed by atoms with Crippen molar-refractivity contribution >= 4 is 12.0 Å². The van der Waals surface area contributed by atoms with Gasteiger partial charge < -0.3 is 20.4 Å².